The Morgan fingerprint density at radius 2 is 1.10 bits per heavy atom. The lowest BCUT2D eigenvalue weighted by Crippen LogP contribution is -2.41. The Hall–Kier alpha value is -4.76. The van der Waals surface area contributed by atoms with Crippen LogP contribution in [0.3, 0.4) is 0 Å². The van der Waals surface area contributed by atoms with E-state index in [9.17, 15) is 43.1 Å². The molecule has 0 radical (unpaired) electrons. The van der Waals surface area contributed by atoms with Gasteiger partial charge in [-0.3, -0.25) is 24.0 Å². The third kappa shape index (κ3) is 30.3. The third-order valence-electron chi connectivity index (χ3n) is 8.61. The molecule has 0 aliphatic heterocycles. The first-order valence-electron chi connectivity index (χ1n) is 20.4. The molecule has 0 spiro atoms. The lowest BCUT2D eigenvalue weighted by atomic mass is 10.1. The molecule has 0 aromatic heterocycles. The number of unbranched alkanes of at least 4 members (excludes halogenated alkanes) is 7. The highest BCUT2D eigenvalue weighted by Crippen LogP contribution is 2.14. The fourth-order valence-electron chi connectivity index (χ4n) is 5.27. The summed E-state index contributed by atoms with van der Waals surface area (Å²) in [6, 6.07) is 2.44. The number of nitrogens with one attached hydrogen (secondary N) is 4. The fourth-order valence-corrected chi connectivity index (χ4v) is 5.27. The summed E-state index contributed by atoms with van der Waals surface area (Å²) in [5, 5.41) is 28.8. The van der Waals surface area contributed by atoms with E-state index in [-0.39, 0.29) is 121 Å². The number of carboxylic acid groups (broad SMARTS) is 2. The molecule has 19 nitrogen and oxygen atoms in total. The van der Waals surface area contributed by atoms with Crippen molar-refractivity contribution in [2.45, 2.75) is 95.6 Å². The molecule has 0 aliphatic rings. The summed E-state index contributed by atoms with van der Waals surface area (Å²) >= 11 is 0. The van der Waals surface area contributed by atoms with Crippen LogP contribution < -0.4 is 31.7 Å². The highest BCUT2D eigenvalue weighted by atomic mass is 19.1. The Balaban J connectivity index is 1.93. The normalized spacial score (nSPS) is 11.9. The molecule has 0 heterocycles. The van der Waals surface area contributed by atoms with Crippen LogP contribution in [0.15, 0.2) is 24.3 Å². The van der Waals surface area contributed by atoms with E-state index in [4.69, 9.17) is 34.5 Å². The van der Waals surface area contributed by atoms with Crippen molar-refractivity contribution in [3.63, 3.8) is 0 Å². The van der Waals surface area contributed by atoms with Crippen LogP contribution in [0.25, 0.3) is 0 Å². The molecule has 1 rings (SSSR count). The molecule has 0 fully saturated rings. The van der Waals surface area contributed by atoms with Crippen LogP contribution in [0.5, 0.6) is 5.75 Å². The van der Waals surface area contributed by atoms with Crippen LogP contribution in [0, 0.1) is 0 Å². The molecule has 1 aromatic carbocycles. The monoisotopic (exact) mass is 857 g/mol. The first kappa shape index (κ1) is 53.3. The molecule has 4 amide bonds. The lowest BCUT2D eigenvalue weighted by molar-refractivity contribution is -0.142. The molecular weight excluding hydrogens is 793 g/mol. The largest absolute Gasteiger partial charge is 0.494 e. The highest BCUT2D eigenvalue weighted by molar-refractivity contribution is 5.87. The standard InChI is InChI=1S/C40H64FN5O14/c41-38(51)32(42)10-7-8-18-43-36(49)28-58-26-25-57-23-20-45-37(50)29-59-27-24-56-22-19-44-34(47)17-16-33(40(54)55)46-35(48)11-6-4-2-1-3-5-9-21-60-31-14-12-30(13-15-31)39(52)53/h12-15,32-33H,1-11,16-29,42H2,(H,43,49)(H,44,47)(H,45,50)(H,46,48)(H,52,53)(H,54,55)/t32-,33?/m0/s1. The Morgan fingerprint density at radius 3 is 1.67 bits per heavy atom. The molecule has 1 aromatic rings. The molecule has 0 saturated carbocycles. The average molecular weight is 858 g/mol. The maximum absolute atomic E-state index is 12.4. The van der Waals surface area contributed by atoms with E-state index in [1.165, 1.54) is 12.1 Å². The summed E-state index contributed by atoms with van der Waals surface area (Å²) in [7, 11) is 0. The second-order valence-electron chi connectivity index (χ2n) is 13.7. The van der Waals surface area contributed by atoms with E-state index in [0.717, 1.165) is 38.5 Å². The van der Waals surface area contributed by atoms with Crippen LogP contribution in [0.1, 0.15) is 93.8 Å². The number of nitrogens with two attached hydrogens (primary N) is 1. The van der Waals surface area contributed by atoms with E-state index in [0.29, 0.717) is 38.2 Å². The van der Waals surface area contributed by atoms with Crippen molar-refractivity contribution in [2.75, 3.05) is 79.1 Å². The minimum atomic E-state index is -1.55. The van der Waals surface area contributed by atoms with Gasteiger partial charge >= 0.3 is 18.0 Å². The average Bonchev–Trinajstić information content (AvgIpc) is 3.21. The van der Waals surface area contributed by atoms with Crippen LogP contribution in [0.4, 0.5) is 4.39 Å². The summed E-state index contributed by atoms with van der Waals surface area (Å²) < 4.78 is 39.1. The first-order chi connectivity index (χ1) is 28.9. The molecule has 1 unspecified atom stereocenters. The van der Waals surface area contributed by atoms with Gasteiger partial charge in [0.15, 0.2) is 0 Å². The van der Waals surface area contributed by atoms with E-state index in [1.54, 1.807) is 12.1 Å². The van der Waals surface area contributed by atoms with Gasteiger partial charge in [0.05, 0.1) is 57.9 Å². The van der Waals surface area contributed by atoms with Crippen molar-refractivity contribution >= 4 is 41.6 Å². The number of aromatic carboxylic acids is 1. The van der Waals surface area contributed by atoms with Crippen molar-refractivity contribution in [3.8, 4) is 5.75 Å². The zero-order chi connectivity index (χ0) is 44.2. The minimum absolute atomic E-state index is 0.0575. The smallest absolute Gasteiger partial charge is 0.335 e. The number of halogens is 1. The van der Waals surface area contributed by atoms with Crippen molar-refractivity contribution in [2.24, 2.45) is 5.73 Å². The summed E-state index contributed by atoms with van der Waals surface area (Å²) in [5.74, 6) is -2.98. The highest BCUT2D eigenvalue weighted by Gasteiger charge is 2.21. The Morgan fingerprint density at radius 1 is 0.567 bits per heavy atom. The number of carbonyl (C=O) groups is 7. The predicted molar refractivity (Wildman–Crippen MR) is 215 cm³/mol. The number of carboxylic acids is 2. The topological polar surface area (TPSA) is 280 Å². The Kier molecular flexibility index (Phi) is 31.1. The molecule has 0 saturated heterocycles. The van der Waals surface area contributed by atoms with Crippen molar-refractivity contribution in [3.05, 3.63) is 29.8 Å². The van der Waals surface area contributed by atoms with Gasteiger partial charge in [0.1, 0.15) is 25.0 Å². The van der Waals surface area contributed by atoms with Gasteiger partial charge in [-0.25, -0.2) is 9.59 Å². The summed E-state index contributed by atoms with van der Waals surface area (Å²) in [6.07, 6.45) is 7.61. The van der Waals surface area contributed by atoms with Gasteiger partial charge in [-0.15, -0.1) is 0 Å². The van der Waals surface area contributed by atoms with E-state index in [2.05, 4.69) is 21.3 Å². The van der Waals surface area contributed by atoms with E-state index < -0.39 is 30.1 Å². The maximum Gasteiger partial charge on any atom is 0.335 e. The third-order valence-corrected chi connectivity index (χ3v) is 8.61. The van der Waals surface area contributed by atoms with Gasteiger partial charge in [-0.2, -0.15) is 4.39 Å². The van der Waals surface area contributed by atoms with E-state index in [1.807, 2.05) is 0 Å². The molecule has 2 atom stereocenters. The molecule has 0 aliphatic carbocycles. The van der Waals surface area contributed by atoms with Gasteiger partial charge in [0.2, 0.25) is 23.6 Å². The fraction of sp³-hybridized carbons (Fsp3) is 0.675. The number of amides is 4. The summed E-state index contributed by atoms with van der Waals surface area (Å²) in [5.41, 5.74) is 5.50. The molecule has 60 heavy (non-hydrogen) atoms. The number of carbonyl (C=O) groups excluding carboxylic acids is 5. The predicted octanol–water partition coefficient (Wildman–Crippen LogP) is 1.64. The quantitative estimate of drug-likeness (QED) is 0.0366. The zero-order valence-corrected chi connectivity index (χ0v) is 34.4. The lowest BCUT2D eigenvalue weighted by Gasteiger charge is -2.14. The second kappa shape index (κ2) is 35.0. The number of rotatable bonds is 39. The Labute approximate surface area is 350 Å². The van der Waals surface area contributed by atoms with Gasteiger partial charge < -0.3 is 60.9 Å². The number of aliphatic carboxylic acids is 1. The van der Waals surface area contributed by atoms with Crippen LogP contribution >= 0.6 is 0 Å². The number of ether oxygens (including phenoxy) is 5. The zero-order valence-electron chi connectivity index (χ0n) is 34.4. The van der Waals surface area contributed by atoms with Crippen molar-refractivity contribution in [1.82, 2.24) is 21.3 Å². The van der Waals surface area contributed by atoms with Crippen LogP contribution in [0.2, 0.25) is 0 Å². The SMILES string of the molecule is N[C@@H](CCCCNC(=O)COCCOCCNC(=O)COCCOCCNC(=O)CCC(NC(=O)CCCCCCCCCOc1ccc(C(=O)O)cc1)C(=O)O)C(=O)F. The first-order valence-corrected chi connectivity index (χ1v) is 20.4. The van der Waals surface area contributed by atoms with Crippen LogP contribution in [-0.4, -0.2) is 143 Å². The molecule has 20 heteroatoms. The van der Waals surface area contributed by atoms with Crippen molar-refractivity contribution < 1.29 is 71.8 Å². The van der Waals surface area contributed by atoms with Crippen molar-refractivity contribution in [1.29, 1.82) is 0 Å². The number of hydrogen-bond donors (Lipinski definition) is 7. The van der Waals surface area contributed by atoms with E-state index >= 15 is 0 Å². The number of hydrogen-bond acceptors (Lipinski definition) is 13. The summed E-state index contributed by atoms with van der Waals surface area (Å²) in [4.78, 5) is 81.0. The molecule has 340 valence electrons. The maximum atomic E-state index is 12.4. The summed E-state index contributed by atoms with van der Waals surface area (Å²) in [6.45, 7) is 2.11. The molecular formula is C40H64FN5O14. The van der Waals surface area contributed by atoms with Gasteiger partial charge in [-0.1, -0.05) is 32.1 Å². The van der Waals surface area contributed by atoms with Crippen LogP contribution in [-0.2, 0) is 47.7 Å². The Bertz CT molecular complexity index is 1400. The minimum Gasteiger partial charge on any atom is -0.494 e. The number of benzene rings is 1. The van der Waals surface area contributed by atoms with Gasteiger partial charge in [0.25, 0.3) is 0 Å². The molecule has 0 bridgehead atoms. The molecule has 8 N–H and O–H groups in total. The van der Waals surface area contributed by atoms with Gasteiger partial charge in [-0.05, 0) is 62.8 Å². The van der Waals surface area contributed by atoms with Gasteiger partial charge in [0, 0.05) is 32.5 Å². The second-order valence-corrected chi connectivity index (χ2v) is 13.7.